The van der Waals surface area contributed by atoms with Crippen molar-refractivity contribution in [2.24, 2.45) is 0 Å². The van der Waals surface area contributed by atoms with Gasteiger partial charge in [0.15, 0.2) is 0 Å². The summed E-state index contributed by atoms with van der Waals surface area (Å²) in [5.74, 6) is -2.31. The highest BCUT2D eigenvalue weighted by molar-refractivity contribution is 5.97. The molecule has 0 aliphatic carbocycles. The maximum atomic E-state index is 12.5. The number of esters is 4. The lowest BCUT2D eigenvalue weighted by Gasteiger charge is -2.09. The molecule has 0 saturated heterocycles. The maximum Gasteiger partial charge on any atom is 0.340 e. The summed E-state index contributed by atoms with van der Waals surface area (Å²) in [5.41, 5.74) is 4.34. The third-order valence-electron chi connectivity index (χ3n) is 7.73. The van der Waals surface area contributed by atoms with Crippen LogP contribution in [-0.4, -0.2) is 82.2 Å². The summed E-state index contributed by atoms with van der Waals surface area (Å²) in [4.78, 5) is 76.1. The van der Waals surface area contributed by atoms with E-state index >= 15 is 0 Å². The average Bonchev–Trinajstić information content (AvgIpc) is 3.22. The highest BCUT2D eigenvalue weighted by atomic mass is 16.5. The second-order valence-electron chi connectivity index (χ2n) is 10.9. The lowest BCUT2D eigenvalue weighted by Crippen LogP contribution is -2.05. The molecule has 5 aromatic rings. The molecule has 14 heteroatoms. The van der Waals surface area contributed by atoms with Crippen LogP contribution < -0.4 is 0 Å². The first-order valence-electron chi connectivity index (χ1n) is 16.0. The van der Waals surface area contributed by atoms with Crippen LogP contribution >= 0.6 is 0 Å². The van der Waals surface area contributed by atoms with Crippen molar-refractivity contribution in [3.8, 4) is 0 Å². The summed E-state index contributed by atoms with van der Waals surface area (Å²) in [7, 11) is 5.10. The van der Waals surface area contributed by atoms with Gasteiger partial charge in [0.2, 0.25) is 0 Å². The molecule has 0 unspecified atom stereocenters. The zero-order valence-corrected chi connectivity index (χ0v) is 29.5. The van der Waals surface area contributed by atoms with Crippen LogP contribution in [0.3, 0.4) is 0 Å². The SMILES string of the molecule is COC(=O)c1cnccc1/C=C/c1nc(/C=C/c2ccncc2C(=O)OC)c(/C=C/c2ccncc2C(=O)OC)nc1/C=C/c1ccncc1C(=O)OC. The minimum absolute atomic E-state index is 0.229. The van der Waals surface area contributed by atoms with E-state index in [0.29, 0.717) is 45.0 Å². The Labute approximate surface area is 309 Å². The standard InChI is InChI=1S/C40H32N6O8/c1-51-37(47)29-21-41-17-13-25(29)5-9-33-34(10-6-26-14-18-42-22-30(26)38(48)52-2)46-36(12-8-28-16-20-44-24-32(28)40(50)54-4)35(45-33)11-7-27-15-19-43-23-31(27)39(49)53-3/h5-24H,1-4H3/b9-5+,10-6+,11-7+,12-8+. The number of hydrogen-bond acceptors (Lipinski definition) is 14. The van der Waals surface area contributed by atoms with Crippen LogP contribution in [0, 0.1) is 0 Å². The number of ether oxygens (including phenoxy) is 4. The summed E-state index contributed by atoms with van der Waals surface area (Å²) in [5, 5.41) is 0. The molecule has 0 saturated carbocycles. The van der Waals surface area contributed by atoms with Crippen molar-refractivity contribution < 1.29 is 38.1 Å². The zero-order chi connectivity index (χ0) is 38.5. The van der Waals surface area contributed by atoms with Gasteiger partial charge in [0.25, 0.3) is 0 Å². The van der Waals surface area contributed by atoms with Gasteiger partial charge in [-0.05, 0) is 70.8 Å². The summed E-state index contributed by atoms with van der Waals surface area (Å²) in [6.07, 6.45) is 25.1. The van der Waals surface area contributed by atoms with Gasteiger partial charge in [-0.1, -0.05) is 24.3 Å². The monoisotopic (exact) mass is 724 g/mol. The second kappa shape index (κ2) is 18.1. The van der Waals surface area contributed by atoms with E-state index in [4.69, 9.17) is 28.9 Å². The zero-order valence-electron chi connectivity index (χ0n) is 29.5. The molecule has 0 radical (unpaired) electrons. The highest BCUT2D eigenvalue weighted by Gasteiger charge is 2.15. The first-order chi connectivity index (χ1) is 26.3. The Morgan fingerprint density at radius 3 is 0.815 bits per heavy atom. The van der Waals surface area contributed by atoms with E-state index in [0.717, 1.165) is 0 Å². The van der Waals surface area contributed by atoms with Crippen molar-refractivity contribution in [1.82, 2.24) is 29.9 Å². The minimum Gasteiger partial charge on any atom is -0.465 e. The summed E-state index contributed by atoms with van der Waals surface area (Å²) >= 11 is 0. The van der Waals surface area contributed by atoms with Gasteiger partial charge in [0.05, 0.1) is 73.5 Å². The Morgan fingerprint density at radius 1 is 0.389 bits per heavy atom. The predicted molar refractivity (Wildman–Crippen MR) is 200 cm³/mol. The van der Waals surface area contributed by atoms with Crippen LogP contribution in [0.15, 0.2) is 73.8 Å². The molecule has 0 amide bonds. The number of methoxy groups -OCH3 is 4. The van der Waals surface area contributed by atoms with Gasteiger partial charge in [-0.15, -0.1) is 0 Å². The smallest absolute Gasteiger partial charge is 0.340 e. The molecule has 0 aromatic carbocycles. The van der Waals surface area contributed by atoms with E-state index in [1.807, 2.05) is 0 Å². The Hall–Kier alpha value is -7.48. The van der Waals surface area contributed by atoms with Crippen LogP contribution in [0.25, 0.3) is 48.6 Å². The Bertz CT molecular complexity index is 2010. The van der Waals surface area contributed by atoms with E-state index in [9.17, 15) is 19.2 Å². The third-order valence-corrected chi connectivity index (χ3v) is 7.73. The van der Waals surface area contributed by atoms with Crippen LogP contribution in [0.4, 0.5) is 0 Å². The fourth-order valence-electron chi connectivity index (χ4n) is 4.98. The van der Waals surface area contributed by atoms with Gasteiger partial charge >= 0.3 is 23.9 Å². The molecule has 0 aliphatic heterocycles. The number of nitrogens with zero attached hydrogens (tertiary/aromatic N) is 6. The fourth-order valence-corrected chi connectivity index (χ4v) is 4.98. The normalized spacial score (nSPS) is 11.3. The number of carbonyl (C=O) groups is 4. The molecule has 0 bridgehead atoms. The van der Waals surface area contributed by atoms with Gasteiger partial charge in [0, 0.05) is 49.6 Å². The van der Waals surface area contributed by atoms with Gasteiger partial charge in [-0.2, -0.15) is 0 Å². The van der Waals surface area contributed by atoms with Gasteiger partial charge < -0.3 is 18.9 Å². The summed E-state index contributed by atoms with van der Waals surface area (Å²) in [6, 6.07) is 6.59. The molecule has 14 nitrogen and oxygen atoms in total. The van der Waals surface area contributed by atoms with E-state index < -0.39 is 23.9 Å². The van der Waals surface area contributed by atoms with E-state index in [-0.39, 0.29) is 22.3 Å². The van der Waals surface area contributed by atoms with Crippen LogP contribution in [0.1, 0.15) is 86.5 Å². The number of pyridine rings is 4. The predicted octanol–water partition coefficient (Wildman–Crippen LogP) is 5.88. The first kappa shape index (κ1) is 37.8. The second-order valence-corrected chi connectivity index (χ2v) is 10.9. The Morgan fingerprint density at radius 2 is 0.611 bits per heavy atom. The molecule has 0 fully saturated rings. The summed E-state index contributed by atoms with van der Waals surface area (Å²) in [6.45, 7) is 0. The van der Waals surface area contributed by atoms with Gasteiger partial charge in [-0.25, -0.2) is 29.1 Å². The van der Waals surface area contributed by atoms with Gasteiger partial charge in [0.1, 0.15) is 0 Å². The minimum atomic E-state index is -0.577. The molecular formula is C40H32N6O8. The topological polar surface area (TPSA) is 183 Å². The summed E-state index contributed by atoms with van der Waals surface area (Å²) < 4.78 is 19.7. The fraction of sp³-hybridized carbons (Fsp3) is 0.100. The lowest BCUT2D eigenvalue weighted by atomic mass is 10.1. The Kier molecular flexibility index (Phi) is 12.7. The van der Waals surface area contributed by atoms with Crippen LogP contribution in [0.5, 0.6) is 0 Å². The van der Waals surface area contributed by atoms with E-state index in [1.165, 1.54) is 78.0 Å². The van der Waals surface area contributed by atoms with Crippen molar-refractivity contribution in [2.75, 3.05) is 28.4 Å². The molecule has 270 valence electrons. The third kappa shape index (κ3) is 9.05. The van der Waals surface area contributed by atoms with Crippen molar-refractivity contribution in [2.45, 2.75) is 0 Å². The molecule has 5 rings (SSSR count). The molecule has 5 aromatic heterocycles. The van der Waals surface area contributed by atoms with Crippen LogP contribution in [-0.2, 0) is 18.9 Å². The van der Waals surface area contributed by atoms with Crippen molar-refractivity contribution in [1.29, 1.82) is 0 Å². The highest BCUT2D eigenvalue weighted by Crippen LogP contribution is 2.23. The van der Waals surface area contributed by atoms with E-state index in [1.54, 1.807) is 72.9 Å². The Balaban J connectivity index is 1.74. The lowest BCUT2D eigenvalue weighted by molar-refractivity contribution is 0.0591. The maximum absolute atomic E-state index is 12.5. The van der Waals surface area contributed by atoms with Crippen LogP contribution in [0.2, 0.25) is 0 Å². The molecule has 0 atom stereocenters. The van der Waals surface area contributed by atoms with Crippen molar-refractivity contribution in [3.05, 3.63) is 141 Å². The van der Waals surface area contributed by atoms with E-state index in [2.05, 4.69) is 19.9 Å². The molecule has 5 heterocycles. The molecule has 0 spiro atoms. The first-order valence-corrected chi connectivity index (χ1v) is 16.0. The number of hydrogen-bond donors (Lipinski definition) is 0. The molecule has 54 heavy (non-hydrogen) atoms. The quantitative estimate of drug-likeness (QED) is 0.110. The van der Waals surface area contributed by atoms with Crippen molar-refractivity contribution in [3.63, 3.8) is 0 Å². The molecule has 0 N–H and O–H groups in total. The molecule has 0 aliphatic rings. The van der Waals surface area contributed by atoms with Gasteiger partial charge in [-0.3, -0.25) is 19.9 Å². The molecular weight excluding hydrogens is 692 g/mol. The number of aromatic nitrogens is 6. The average molecular weight is 725 g/mol. The van der Waals surface area contributed by atoms with Crippen molar-refractivity contribution >= 4 is 72.5 Å². The number of carbonyl (C=O) groups excluding carboxylic acids is 4. The number of rotatable bonds is 12. The largest absolute Gasteiger partial charge is 0.465 e.